The topological polar surface area (TPSA) is 180 Å². The molecule has 3 heterocycles. The lowest BCUT2D eigenvalue weighted by molar-refractivity contribution is -0.146. The summed E-state index contributed by atoms with van der Waals surface area (Å²) in [6.45, 7) is 4.86. The second-order valence-corrected chi connectivity index (χ2v) is 18.4. The number of carbonyl (C=O) groups is 4. The number of piperidine rings is 1. The molecule has 0 aliphatic carbocycles. The molecule has 4 atom stereocenters. The molecule has 1 aliphatic rings. The molecule has 17 heteroatoms. The minimum Gasteiger partial charge on any atom is -0.481 e. The number of imidazole rings is 1. The van der Waals surface area contributed by atoms with Gasteiger partial charge in [-0.15, -0.1) is 0 Å². The molecule has 0 bridgehead atoms. The monoisotopic (exact) mass is 954 g/mol. The van der Waals surface area contributed by atoms with Gasteiger partial charge in [-0.3, -0.25) is 24.2 Å². The quantitative estimate of drug-likeness (QED) is 0.0622. The highest BCUT2D eigenvalue weighted by molar-refractivity contribution is 6.31. The number of carboxylic acids is 1. The first-order valence-electron chi connectivity index (χ1n) is 22.3. The van der Waals surface area contributed by atoms with Crippen molar-refractivity contribution in [3.8, 4) is 22.8 Å². The number of methoxy groups -OCH3 is 1. The molecule has 3 amide bonds. The number of aromatic nitrogens is 3. The molecule has 6 rings (SSSR count). The normalized spacial score (nSPS) is 16.3. The van der Waals surface area contributed by atoms with Crippen LogP contribution in [0, 0.1) is 12.8 Å². The summed E-state index contributed by atoms with van der Waals surface area (Å²) in [5, 5.41) is 20.2. The van der Waals surface area contributed by atoms with Gasteiger partial charge >= 0.3 is 5.97 Å². The Morgan fingerprint density at radius 2 is 1.70 bits per heavy atom. The van der Waals surface area contributed by atoms with E-state index in [2.05, 4.69) is 35.4 Å². The number of aliphatic carboxylic acids is 1. The summed E-state index contributed by atoms with van der Waals surface area (Å²) < 4.78 is 13.8. The fourth-order valence-electron chi connectivity index (χ4n) is 8.37. The lowest BCUT2D eigenvalue weighted by atomic mass is 9.82. The van der Waals surface area contributed by atoms with Crippen LogP contribution in [-0.4, -0.2) is 112 Å². The van der Waals surface area contributed by atoms with E-state index in [1.165, 1.54) is 7.11 Å². The molecule has 1 fully saturated rings. The number of amides is 3. The van der Waals surface area contributed by atoms with Gasteiger partial charge in [0, 0.05) is 72.8 Å². The molecule has 0 unspecified atom stereocenters. The number of likely N-dealkylation sites (tertiary alicyclic amines) is 1. The Morgan fingerprint density at radius 3 is 2.39 bits per heavy atom. The van der Waals surface area contributed by atoms with Crippen LogP contribution in [0.3, 0.4) is 0 Å². The van der Waals surface area contributed by atoms with Crippen LogP contribution in [0.15, 0.2) is 91.1 Å². The van der Waals surface area contributed by atoms with Gasteiger partial charge in [-0.25, -0.2) is 4.98 Å². The van der Waals surface area contributed by atoms with E-state index in [4.69, 9.17) is 32.7 Å². The average Bonchev–Trinajstić information content (AvgIpc) is 3.64. The van der Waals surface area contributed by atoms with Crippen LogP contribution >= 0.6 is 23.2 Å². The second-order valence-electron chi connectivity index (χ2n) is 17.6. The van der Waals surface area contributed by atoms with Gasteiger partial charge in [-0.05, 0) is 113 Å². The summed E-state index contributed by atoms with van der Waals surface area (Å²) in [5.41, 5.74) is 4.00. The summed E-state index contributed by atoms with van der Waals surface area (Å²) in [4.78, 5) is 67.2. The number of benzene rings is 3. The number of nitrogens with one attached hydrogen (secondary N) is 3. The third-order valence-corrected chi connectivity index (χ3v) is 12.3. The molecule has 0 radical (unpaired) electrons. The molecule has 1 saturated heterocycles. The highest BCUT2D eigenvalue weighted by Crippen LogP contribution is 2.32. The molecule has 5 aromatic rings. The van der Waals surface area contributed by atoms with Crippen molar-refractivity contribution in [3.63, 3.8) is 0 Å². The Bertz CT molecular complexity index is 2500. The van der Waals surface area contributed by atoms with E-state index in [1.807, 2.05) is 88.9 Å². The number of hydrogen-bond donors (Lipinski definition) is 4. The van der Waals surface area contributed by atoms with Crippen molar-refractivity contribution in [2.75, 3.05) is 40.9 Å². The first kappa shape index (κ1) is 50.6. The predicted octanol–water partition coefficient (Wildman–Crippen LogP) is 6.61. The van der Waals surface area contributed by atoms with Crippen LogP contribution in [0.2, 0.25) is 10.0 Å². The number of carbonyl (C=O) groups excluding carboxylic acids is 3. The maximum atomic E-state index is 14.4. The van der Waals surface area contributed by atoms with E-state index >= 15 is 0 Å². The van der Waals surface area contributed by atoms with Gasteiger partial charge in [0.05, 0.1) is 49.0 Å². The lowest BCUT2D eigenvalue weighted by Crippen LogP contribution is -2.65. The maximum Gasteiger partial charge on any atom is 0.304 e. The van der Waals surface area contributed by atoms with Crippen LogP contribution < -0.4 is 20.7 Å². The third-order valence-electron chi connectivity index (χ3n) is 11.8. The van der Waals surface area contributed by atoms with Crippen molar-refractivity contribution < 1.29 is 33.8 Å². The zero-order valence-corrected chi connectivity index (χ0v) is 40.4. The number of pyridine rings is 1. The first-order valence-corrected chi connectivity index (χ1v) is 23.0. The summed E-state index contributed by atoms with van der Waals surface area (Å²) in [6, 6.07) is 23.9. The number of carboxylic acid groups (broad SMARTS) is 1. The molecule has 67 heavy (non-hydrogen) atoms. The van der Waals surface area contributed by atoms with Crippen molar-refractivity contribution in [2.45, 2.75) is 76.7 Å². The van der Waals surface area contributed by atoms with E-state index in [-0.39, 0.29) is 38.4 Å². The van der Waals surface area contributed by atoms with E-state index in [1.54, 1.807) is 42.2 Å². The van der Waals surface area contributed by atoms with Crippen LogP contribution in [-0.2, 0) is 56.9 Å². The number of ether oxygens (including phenoxy) is 2. The molecule has 4 N–H and O–H groups in total. The predicted molar refractivity (Wildman–Crippen MR) is 258 cm³/mol. The van der Waals surface area contributed by atoms with Crippen molar-refractivity contribution in [2.24, 2.45) is 13.0 Å². The smallest absolute Gasteiger partial charge is 0.304 e. The first-order chi connectivity index (χ1) is 32.0. The molecule has 3 aromatic carbocycles. The zero-order valence-electron chi connectivity index (χ0n) is 38.9. The number of aryl methyl sites for hydroxylation is 1. The molecule has 1 aliphatic heterocycles. The molecule has 2 aromatic heterocycles. The van der Waals surface area contributed by atoms with Gasteiger partial charge in [0.15, 0.2) is 0 Å². The SMILES string of the molecule is COC[C@H](NC(=O)[C@H](C)NCc1ccc(Cl)cc1Oc1ccc(-c2cnc(CN(C)C)n2C)cc1)C(=O)N[C@@]1(Cc2ccc(Cl)cc2)CCCN(C(=O)[C@@H](CC(=O)O)Cc2cccc(C)n2)C1. The number of rotatable bonds is 21. The highest BCUT2D eigenvalue weighted by atomic mass is 35.5. The lowest BCUT2D eigenvalue weighted by Gasteiger charge is -2.45. The van der Waals surface area contributed by atoms with Gasteiger partial charge in [0.1, 0.15) is 23.4 Å². The summed E-state index contributed by atoms with van der Waals surface area (Å²) in [7, 11) is 7.45. The summed E-state index contributed by atoms with van der Waals surface area (Å²) in [5.74, 6) is -1.16. The number of hydrogen-bond acceptors (Lipinski definition) is 10. The van der Waals surface area contributed by atoms with Crippen molar-refractivity contribution in [1.29, 1.82) is 0 Å². The maximum absolute atomic E-state index is 14.4. The second kappa shape index (κ2) is 23.3. The summed E-state index contributed by atoms with van der Waals surface area (Å²) >= 11 is 12.7. The Labute approximate surface area is 402 Å². The third kappa shape index (κ3) is 14.1. The van der Waals surface area contributed by atoms with Gasteiger partial charge in [0.25, 0.3) is 0 Å². The average molecular weight is 956 g/mol. The largest absolute Gasteiger partial charge is 0.481 e. The van der Waals surface area contributed by atoms with E-state index < -0.39 is 41.3 Å². The zero-order chi connectivity index (χ0) is 48.3. The van der Waals surface area contributed by atoms with Crippen molar-refractivity contribution >= 4 is 46.9 Å². The molecule has 0 saturated carbocycles. The Balaban J connectivity index is 1.13. The minimum atomic E-state index is -1.09. The van der Waals surface area contributed by atoms with Gasteiger partial charge in [-0.2, -0.15) is 0 Å². The van der Waals surface area contributed by atoms with Gasteiger partial charge < -0.3 is 44.9 Å². The Morgan fingerprint density at radius 1 is 0.970 bits per heavy atom. The Hall–Kier alpha value is -5.84. The van der Waals surface area contributed by atoms with Crippen LogP contribution in [0.1, 0.15) is 54.5 Å². The molecule has 356 valence electrons. The fraction of sp³-hybridized carbons (Fsp3) is 0.400. The highest BCUT2D eigenvalue weighted by Gasteiger charge is 2.42. The molecule has 0 spiro atoms. The molecular weight excluding hydrogens is 896 g/mol. The standard InChI is InChI=1S/C50H60Cl2N8O7/c1-32-9-7-10-40(55-32)23-37(24-46(61)62)49(65)60-22-8-21-50(31-60,26-34-11-16-38(51)17-12-34)57-48(64)42(30-66-6)56-47(63)33(2)53-27-36-13-18-39(52)25-44(36)67-41-19-14-35(15-20-41)43-28-54-45(59(43)5)29-58(3)4/h7,9-20,25,28,33,37,42,53H,8,21-24,26-27,29-31H2,1-6H3,(H,56,63)(H,57,64)(H,61,62)/t33-,37+,42-,50+/m0/s1. The van der Waals surface area contributed by atoms with Crippen molar-refractivity contribution in [1.82, 2.24) is 40.3 Å². The van der Waals surface area contributed by atoms with Crippen molar-refractivity contribution in [3.05, 3.63) is 130 Å². The summed E-state index contributed by atoms with van der Waals surface area (Å²) in [6.07, 6.45) is 3.03. The van der Waals surface area contributed by atoms with E-state index in [9.17, 15) is 24.3 Å². The molecule has 15 nitrogen and oxygen atoms in total. The van der Waals surface area contributed by atoms with Gasteiger partial charge in [0.2, 0.25) is 17.7 Å². The van der Waals surface area contributed by atoms with Crippen LogP contribution in [0.4, 0.5) is 0 Å². The Kier molecular flexibility index (Phi) is 17.5. The number of nitrogens with zero attached hydrogens (tertiary/aromatic N) is 5. The molecular formula is C50H60Cl2N8O7. The van der Waals surface area contributed by atoms with E-state index in [0.717, 1.165) is 40.4 Å². The fourth-order valence-corrected chi connectivity index (χ4v) is 8.66. The minimum absolute atomic E-state index is 0.112. The van der Waals surface area contributed by atoms with Crippen LogP contribution in [0.5, 0.6) is 11.5 Å². The number of halogens is 2. The van der Waals surface area contributed by atoms with Gasteiger partial charge in [-0.1, -0.05) is 47.5 Å². The van der Waals surface area contributed by atoms with Crippen LogP contribution in [0.25, 0.3) is 11.3 Å². The van der Waals surface area contributed by atoms with E-state index in [0.29, 0.717) is 53.0 Å².